The number of rotatable bonds is 6. The van der Waals surface area contributed by atoms with Crippen LogP contribution < -0.4 is 5.32 Å². The fraction of sp³-hybridized carbons (Fsp3) is 0.588. The lowest BCUT2D eigenvalue weighted by Gasteiger charge is -2.20. The van der Waals surface area contributed by atoms with E-state index in [9.17, 15) is 9.90 Å². The molecule has 1 fully saturated rings. The summed E-state index contributed by atoms with van der Waals surface area (Å²) >= 11 is 0. The number of urea groups is 1. The molecule has 2 unspecified atom stereocenters. The summed E-state index contributed by atoms with van der Waals surface area (Å²) in [6.07, 6.45) is 0.838. The van der Waals surface area contributed by atoms with E-state index in [4.69, 9.17) is 0 Å². The van der Waals surface area contributed by atoms with Crippen LogP contribution in [0.25, 0.3) is 0 Å². The molecule has 1 aromatic rings. The summed E-state index contributed by atoms with van der Waals surface area (Å²) in [7, 11) is 4.05. The first-order valence-electron chi connectivity index (χ1n) is 7.92. The van der Waals surface area contributed by atoms with Crippen LogP contribution in [0.15, 0.2) is 30.3 Å². The van der Waals surface area contributed by atoms with Gasteiger partial charge >= 0.3 is 6.03 Å². The van der Waals surface area contributed by atoms with Crippen molar-refractivity contribution in [2.24, 2.45) is 11.8 Å². The monoisotopic (exact) mass is 305 g/mol. The number of hydrogen-bond acceptors (Lipinski definition) is 3. The maximum absolute atomic E-state index is 12.2. The summed E-state index contributed by atoms with van der Waals surface area (Å²) in [5, 5.41) is 12.5. The zero-order chi connectivity index (χ0) is 15.9. The third kappa shape index (κ3) is 4.71. The number of likely N-dealkylation sites (tertiary alicyclic amines) is 1. The van der Waals surface area contributed by atoms with Crippen LogP contribution in [0, 0.1) is 11.8 Å². The molecule has 22 heavy (non-hydrogen) atoms. The number of carbonyl (C=O) groups excluding carboxylic acids is 1. The predicted octanol–water partition coefficient (Wildman–Crippen LogP) is 1.04. The van der Waals surface area contributed by atoms with Crippen LogP contribution in [-0.4, -0.2) is 67.8 Å². The van der Waals surface area contributed by atoms with Gasteiger partial charge in [-0.25, -0.2) is 4.79 Å². The predicted molar refractivity (Wildman–Crippen MR) is 87.7 cm³/mol. The molecule has 1 aliphatic rings. The molecule has 0 aromatic heterocycles. The van der Waals surface area contributed by atoms with E-state index in [-0.39, 0.29) is 18.6 Å². The summed E-state index contributed by atoms with van der Waals surface area (Å²) in [6.45, 7) is 3.06. The standard InChI is InChI=1S/C17H27N3O2/c1-19(2)10-15-11-20(12-16(15)13-21)17(22)18-9-8-14-6-4-3-5-7-14/h3-7,15-16,21H,8-13H2,1-2H3,(H,18,22). The van der Waals surface area contributed by atoms with E-state index in [2.05, 4.69) is 22.3 Å². The van der Waals surface area contributed by atoms with Crippen molar-refractivity contribution >= 4 is 6.03 Å². The summed E-state index contributed by atoms with van der Waals surface area (Å²) in [5.41, 5.74) is 1.22. The Morgan fingerprint density at radius 1 is 1.27 bits per heavy atom. The Kier molecular flexibility index (Phi) is 6.21. The number of carbonyl (C=O) groups is 1. The molecule has 122 valence electrons. The van der Waals surface area contributed by atoms with E-state index in [1.165, 1.54) is 5.56 Å². The molecular formula is C17H27N3O2. The number of amides is 2. The number of aliphatic hydroxyl groups is 1. The lowest BCUT2D eigenvalue weighted by molar-refractivity contribution is 0.183. The molecule has 2 atom stereocenters. The molecule has 0 saturated carbocycles. The topological polar surface area (TPSA) is 55.8 Å². The Labute approximate surface area is 132 Å². The van der Waals surface area contributed by atoms with Crippen molar-refractivity contribution < 1.29 is 9.90 Å². The van der Waals surface area contributed by atoms with Gasteiger partial charge in [0.15, 0.2) is 0 Å². The van der Waals surface area contributed by atoms with E-state index in [0.717, 1.165) is 19.5 Å². The van der Waals surface area contributed by atoms with Crippen LogP contribution in [0.1, 0.15) is 5.56 Å². The Morgan fingerprint density at radius 2 is 1.95 bits per heavy atom. The second kappa shape index (κ2) is 8.15. The van der Waals surface area contributed by atoms with Crippen LogP contribution in [-0.2, 0) is 6.42 Å². The van der Waals surface area contributed by atoms with Gasteiger partial charge in [-0.2, -0.15) is 0 Å². The van der Waals surface area contributed by atoms with E-state index >= 15 is 0 Å². The summed E-state index contributed by atoms with van der Waals surface area (Å²) < 4.78 is 0. The third-order valence-electron chi connectivity index (χ3n) is 4.23. The minimum atomic E-state index is -0.0179. The Morgan fingerprint density at radius 3 is 2.59 bits per heavy atom. The number of nitrogens with one attached hydrogen (secondary N) is 1. The lowest BCUT2D eigenvalue weighted by Crippen LogP contribution is -2.40. The Hall–Kier alpha value is -1.59. The first kappa shape index (κ1) is 16.8. The first-order valence-corrected chi connectivity index (χ1v) is 7.92. The molecule has 2 rings (SSSR count). The zero-order valence-corrected chi connectivity index (χ0v) is 13.5. The number of benzene rings is 1. The molecule has 0 radical (unpaired) electrons. The zero-order valence-electron chi connectivity index (χ0n) is 13.5. The van der Waals surface area contributed by atoms with Gasteiger partial charge < -0.3 is 20.2 Å². The summed E-state index contributed by atoms with van der Waals surface area (Å²) in [4.78, 5) is 16.2. The highest BCUT2D eigenvalue weighted by molar-refractivity contribution is 5.74. The van der Waals surface area contributed by atoms with Gasteiger partial charge in [-0.15, -0.1) is 0 Å². The van der Waals surface area contributed by atoms with Crippen LogP contribution in [0.5, 0.6) is 0 Å². The van der Waals surface area contributed by atoms with Gasteiger partial charge in [-0.1, -0.05) is 30.3 Å². The van der Waals surface area contributed by atoms with Crippen molar-refractivity contribution in [2.75, 3.05) is 46.9 Å². The average Bonchev–Trinajstić information content (AvgIpc) is 2.90. The maximum atomic E-state index is 12.2. The lowest BCUT2D eigenvalue weighted by atomic mass is 9.97. The molecule has 5 heteroatoms. The molecule has 1 aliphatic heterocycles. The fourth-order valence-electron chi connectivity index (χ4n) is 3.06. The van der Waals surface area contributed by atoms with Crippen LogP contribution in [0.3, 0.4) is 0 Å². The SMILES string of the molecule is CN(C)CC1CN(C(=O)NCCc2ccccc2)CC1CO. The van der Waals surface area contributed by atoms with Gasteiger partial charge in [0.05, 0.1) is 0 Å². The van der Waals surface area contributed by atoms with Crippen LogP contribution >= 0.6 is 0 Å². The second-order valence-electron chi connectivity index (χ2n) is 6.34. The molecule has 5 nitrogen and oxygen atoms in total. The average molecular weight is 305 g/mol. The van der Waals surface area contributed by atoms with E-state index in [1.54, 1.807) is 0 Å². The molecule has 1 saturated heterocycles. The summed E-state index contributed by atoms with van der Waals surface area (Å²) in [6, 6.07) is 10.1. The Balaban J connectivity index is 1.78. The van der Waals surface area contributed by atoms with Gasteiger partial charge in [0, 0.05) is 38.7 Å². The highest BCUT2D eigenvalue weighted by Gasteiger charge is 2.34. The van der Waals surface area contributed by atoms with Crippen molar-refractivity contribution in [1.29, 1.82) is 0 Å². The normalized spacial score (nSPS) is 21.4. The third-order valence-corrected chi connectivity index (χ3v) is 4.23. The van der Waals surface area contributed by atoms with Crippen LogP contribution in [0.4, 0.5) is 4.79 Å². The second-order valence-corrected chi connectivity index (χ2v) is 6.34. The molecule has 0 aliphatic carbocycles. The van der Waals surface area contributed by atoms with Gasteiger partial charge in [-0.05, 0) is 32.0 Å². The number of aliphatic hydroxyl groups excluding tert-OH is 1. The van der Waals surface area contributed by atoms with Crippen LogP contribution in [0.2, 0.25) is 0 Å². The van der Waals surface area contributed by atoms with Crippen molar-refractivity contribution in [3.8, 4) is 0 Å². The molecule has 1 aromatic carbocycles. The van der Waals surface area contributed by atoms with Crippen molar-refractivity contribution in [3.63, 3.8) is 0 Å². The first-order chi connectivity index (χ1) is 10.6. The fourth-order valence-corrected chi connectivity index (χ4v) is 3.06. The van der Waals surface area contributed by atoms with E-state index in [0.29, 0.717) is 19.0 Å². The number of hydrogen-bond donors (Lipinski definition) is 2. The largest absolute Gasteiger partial charge is 0.396 e. The molecule has 0 spiro atoms. The van der Waals surface area contributed by atoms with E-state index < -0.39 is 0 Å². The van der Waals surface area contributed by atoms with Crippen molar-refractivity contribution in [1.82, 2.24) is 15.1 Å². The molecule has 2 amide bonds. The van der Waals surface area contributed by atoms with Gasteiger partial charge in [0.2, 0.25) is 0 Å². The molecule has 1 heterocycles. The molecule has 2 N–H and O–H groups in total. The minimum Gasteiger partial charge on any atom is -0.396 e. The smallest absolute Gasteiger partial charge is 0.317 e. The van der Waals surface area contributed by atoms with Gasteiger partial charge in [0.1, 0.15) is 0 Å². The van der Waals surface area contributed by atoms with Gasteiger partial charge in [0.25, 0.3) is 0 Å². The van der Waals surface area contributed by atoms with Crippen molar-refractivity contribution in [3.05, 3.63) is 35.9 Å². The number of nitrogens with zero attached hydrogens (tertiary/aromatic N) is 2. The minimum absolute atomic E-state index is 0.0179. The van der Waals surface area contributed by atoms with Gasteiger partial charge in [-0.3, -0.25) is 0 Å². The molecule has 0 bridgehead atoms. The highest BCUT2D eigenvalue weighted by Crippen LogP contribution is 2.23. The van der Waals surface area contributed by atoms with Crippen molar-refractivity contribution in [2.45, 2.75) is 6.42 Å². The quantitative estimate of drug-likeness (QED) is 0.826. The summed E-state index contributed by atoms with van der Waals surface area (Å²) in [5.74, 6) is 0.530. The maximum Gasteiger partial charge on any atom is 0.317 e. The Bertz CT molecular complexity index is 464. The highest BCUT2D eigenvalue weighted by atomic mass is 16.3. The van der Waals surface area contributed by atoms with E-state index in [1.807, 2.05) is 37.2 Å². The molecular weight excluding hydrogens is 278 g/mol.